The molecule has 0 fully saturated rings. The molecule has 0 aliphatic heterocycles. The molecule has 1 aromatic heterocycles. The molecule has 0 saturated heterocycles. The highest BCUT2D eigenvalue weighted by Gasteiger charge is 2.17. The summed E-state index contributed by atoms with van der Waals surface area (Å²) >= 11 is 3.28. The van der Waals surface area contributed by atoms with Crippen LogP contribution in [0, 0.1) is 19.8 Å². The first-order valence-electron chi connectivity index (χ1n) is 7.14. The molecular weight excluding hydrogens is 314 g/mol. The van der Waals surface area contributed by atoms with E-state index in [1.807, 2.05) is 45.2 Å². The van der Waals surface area contributed by atoms with Crippen LogP contribution in [0.3, 0.4) is 0 Å². The maximum absolute atomic E-state index is 12.1. The number of nitrogens with zero attached hydrogens (tertiary/aromatic N) is 1. The van der Waals surface area contributed by atoms with E-state index < -0.39 is 0 Å². The molecule has 2 atom stereocenters. The van der Waals surface area contributed by atoms with E-state index >= 15 is 0 Å². The van der Waals surface area contributed by atoms with Crippen LogP contribution in [-0.2, 0) is 4.79 Å². The summed E-state index contributed by atoms with van der Waals surface area (Å²) in [4.78, 5) is 17.6. The maximum Gasteiger partial charge on any atom is 0.228 e. The number of nitrogens with two attached hydrogens (primary N) is 1. The number of aryl methyl sites for hydroxylation is 2. The summed E-state index contributed by atoms with van der Waals surface area (Å²) < 4.78 is 1.03. The van der Waals surface area contributed by atoms with Crippen molar-refractivity contribution in [2.24, 2.45) is 11.7 Å². The number of hydrogen-bond donors (Lipinski definition) is 2. The fourth-order valence-corrected chi connectivity index (χ4v) is 3.71. The SMILES string of the molecule is Cc1csc(Sc2ccc(NC(=O)C(C)C(C)N)c(C)c2)n1. The maximum atomic E-state index is 12.1. The highest BCUT2D eigenvalue weighted by molar-refractivity contribution is 8.01. The van der Waals surface area contributed by atoms with Gasteiger partial charge in [0.05, 0.1) is 5.92 Å². The normalized spacial score (nSPS) is 13.7. The predicted octanol–water partition coefficient (Wildman–Crippen LogP) is 3.83. The second kappa shape index (κ2) is 7.26. The third-order valence-corrected chi connectivity index (χ3v) is 5.51. The number of carbonyl (C=O) groups is 1. The number of hydrogen-bond acceptors (Lipinski definition) is 5. The molecule has 2 rings (SSSR count). The lowest BCUT2D eigenvalue weighted by Gasteiger charge is -2.16. The van der Waals surface area contributed by atoms with Crippen molar-refractivity contribution in [3.05, 3.63) is 34.8 Å². The number of aromatic nitrogens is 1. The number of benzene rings is 1. The molecule has 0 spiro atoms. The largest absolute Gasteiger partial charge is 0.327 e. The molecule has 3 N–H and O–H groups in total. The van der Waals surface area contributed by atoms with E-state index in [-0.39, 0.29) is 17.9 Å². The highest BCUT2D eigenvalue weighted by atomic mass is 32.2. The van der Waals surface area contributed by atoms with E-state index in [1.54, 1.807) is 23.1 Å². The van der Waals surface area contributed by atoms with E-state index in [9.17, 15) is 4.79 Å². The number of anilines is 1. The van der Waals surface area contributed by atoms with E-state index in [4.69, 9.17) is 5.73 Å². The molecule has 0 bridgehead atoms. The molecule has 2 unspecified atom stereocenters. The van der Waals surface area contributed by atoms with E-state index in [2.05, 4.69) is 16.4 Å². The number of rotatable bonds is 5. The minimum atomic E-state index is -0.216. The van der Waals surface area contributed by atoms with Crippen LogP contribution >= 0.6 is 23.1 Å². The molecule has 1 amide bonds. The van der Waals surface area contributed by atoms with Crippen LogP contribution in [0.1, 0.15) is 25.1 Å². The van der Waals surface area contributed by atoms with Crippen molar-refractivity contribution in [3.8, 4) is 0 Å². The number of amides is 1. The molecule has 4 nitrogen and oxygen atoms in total. The minimum Gasteiger partial charge on any atom is -0.327 e. The van der Waals surface area contributed by atoms with Crippen LogP contribution in [0.4, 0.5) is 5.69 Å². The standard InChI is InChI=1S/C16H21N3OS2/c1-9-7-13(22-16-18-10(2)8-21-16)5-6-14(9)19-15(20)11(3)12(4)17/h5-8,11-12H,17H2,1-4H3,(H,19,20). The fraction of sp³-hybridized carbons (Fsp3) is 0.375. The summed E-state index contributed by atoms with van der Waals surface area (Å²) in [6.45, 7) is 7.66. The zero-order valence-corrected chi connectivity index (χ0v) is 14.8. The van der Waals surface area contributed by atoms with Crippen molar-refractivity contribution in [1.82, 2.24) is 4.98 Å². The average Bonchev–Trinajstić information content (AvgIpc) is 2.86. The molecule has 0 aliphatic carbocycles. The van der Waals surface area contributed by atoms with Crippen molar-refractivity contribution in [1.29, 1.82) is 0 Å². The quantitative estimate of drug-likeness (QED) is 0.871. The predicted molar refractivity (Wildman–Crippen MR) is 93.6 cm³/mol. The van der Waals surface area contributed by atoms with Gasteiger partial charge in [0.25, 0.3) is 0 Å². The monoisotopic (exact) mass is 335 g/mol. The van der Waals surface area contributed by atoms with Gasteiger partial charge in [-0.05, 0) is 44.5 Å². The summed E-state index contributed by atoms with van der Waals surface area (Å²) in [5.41, 5.74) is 8.67. The molecule has 22 heavy (non-hydrogen) atoms. The van der Waals surface area contributed by atoms with Crippen LogP contribution in [0.2, 0.25) is 0 Å². The van der Waals surface area contributed by atoms with Gasteiger partial charge < -0.3 is 11.1 Å². The molecule has 0 saturated carbocycles. The van der Waals surface area contributed by atoms with Gasteiger partial charge in [-0.2, -0.15) is 0 Å². The summed E-state index contributed by atoms with van der Waals surface area (Å²) in [5.74, 6) is -0.263. The lowest BCUT2D eigenvalue weighted by Crippen LogP contribution is -2.34. The Hall–Kier alpha value is -1.37. The topological polar surface area (TPSA) is 68.0 Å². The Morgan fingerprint density at radius 3 is 2.64 bits per heavy atom. The molecule has 6 heteroatoms. The molecule has 0 radical (unpaired) electrons. The van der Waals surface area contributed by atoms with Crippen molar-refractivity contribution >= 4 is 34.7 Å². The third kappa shape index (κ3) is 4.32. The molecule has 0 aliphatic rings. The Morgan fingerprint density at radius 1 is 1.36 bits per heavy atom. The van der Waals surface area contributed by atoms with Crippen LogP contribution in [0.5, 0.6) is 0 Å². The Kier molecular flexibility index (Phi) is 5.61. The second-order valence-electron chi connectivity index (χ2n) is 5.47. The Labute approximate surface area is 139 Å². The van der Waals surface area contributed by atoms with Crippen molar-refractivity contribution in [2.45, 2.75) is 43.0 Å². The molecular formula is C16H21N3OS2. The lowest BCUT2D eigenvalue weighted by atomic mass is 10.0. The second-order valence-corrected chi connectivity index (χ2v) is 7.65. The van der Waals surface area contributed by atoms with Gasteiger partial charge in [-0.25, -0.2) is 4.98 Å². The highest BCUT2D eigenvalue weighted by Crippen LogP contribution is 2.32. The first kappa shape index (κ1) is 17.0. The fourth-order valence-electron chi connectivity index (χ4n) is 1.81. The van der Waals surface area contributed by atoms with Gasteiger partial charge in [0.2, 0.25) is 5.91 Å². The first-order valence-corrected chi connectivity index (χ1v) is 8.83. The zero-order valence-electron chi connectivity index (χ0n) is 13.2. The lowest BCUT2D eigenvalue weighted by molar-refractivity contribution is -0.119. The van der Waals surface area contributed by atoms with Gasteiger partial charge in [0.1, 0.15) is 0 Å². The zero-order chi connectivity index (χ0) is 16.3. The Morgan fingerprint density at radius 2 is 2.09 bits per heavy atom. The van der Waals surface area contributed by atoms with Gasteiger partial charge >= 0.3 is 0 Å². The smallest absolute Gasteiger partial charge is 0.228 e. The molecule has 1 aromatic carbocycles. The van der Waals surface area contributed by atoms with Crippen LogP contribution in [-0.4, -0.2) is 16.9 Å². The minimum absolute atomic E-state index is 0.0472. The van der Waals surface area contributed by atoms with Gasteiger partial charge in [0, 0.05) is 27.7 Å². The average molecular weight is 335 g/mol. The van der Waals surface area contributed by atoms with Crippen molar-refractivity contribution in [3.63, 3.8) is 0 Å². The van der Waals surface area contributed by atoms with Gasteiger partial charge in [-0.15, -0.1) is 11.3 Å². The molecule has 1 heterocycles. The summed E-state index contributed by atoms with van der Waals surface area (Å²) in [7, 11) is 0. The van der Waals surface area contributed by atoms with E-state index in [0.717, 1.165) is 26.2 Å². The molecule has 118 valence electrons. The van der Waals surface area contributed by atoms with E-state index in [1.165, 1.54) is 0 Å². The van der Waals surface area contributed by atoms with E-state index in [0.29, 0.717) is 0 Å². The van der Waals surface area contributed by atoms with Gasteiger partial charge in [-0.1, -0.05) is 18.7 Å². The molecule has 2 aromatic rings. The first-order chi connectivity index (χ1) is 10.4. The number of carbonyl (C=O) groups excluding carboxylic acids is 1. The number of nitrogens with one attached hydrogen (secondary N) is 1. The number of thiazole rings is 1. The van der Waals surface area contributed by atoms with Crippen LogP contribution < -0.4 is 11.1 Å². The summed E-state index contributed by atoms with van der Waals surface area (Å²) in [6.07, 6.45) is 0. The Bertz CT molecular complexity index is 667. The summed E-state index contributed by atoms with van der Waals surface area (Å²) in [5, 5.41) is 4.99. The third-order valence-electron chi connectivity index (χ3n) is 3.46. The Balaban J connectivity index is 2.08. The summed E-state index contributed by atoms with van der Waals surface area (Å²) in [6, 6.07) is 5.83. The van der Waals surface area contributed by atoms with Gasteiger partial charge in [0.15, 0.2) is 4.34 Å². The van der Waals surface area contributed by atoms with Crippen LogP contribution in [0.15, 0.2) is 32.8 Å². The van der Waals surface area contributed by atoms with Crippen molar-refractivity contribution < 1.29 is 4.79 Å². The van der Waals surface area contributed by atoms with Gasteiger partial charge in [-0.3, -0.25) is 4.79 Å². The van der Waals surface area contributed by atoms with Crippen molar-refractivity contribution in [2.75, 3.05) is 5.32 Å². The van der Waals surface area contributed by atoms with Crippen LogP contribution in [0.25, 0.3) is 0 Å².